The monoisotopic (exact) mass is 537 g/mol. The smallest absolute Gasteiger partial charge is 0.227 e. The molecule has 1 aromatic heterocycles. The lowest BCUT2D eigenvalue weighted by molar-refractivity contribution is -0.119. The Morgan fingerprint density at radius 2 is 1.73 bits per heavy atom. The normalized spacial score (nSPS) is 16.5. The highest BCUT2D eigenvalue weighted by molar-refractivity contribution is 5.93. The summed E-state index contributed by atoms with van der Waals surface area (Å²) in [4.78, 5) is 25.8. The minimum atomic E-state index is 0.149. The number of aromatic nitrogens is 2. The summed E-state index contributed by atoms with van der Waals surface area (Å²) >= 11 is 0. The molecule has 2 heterocycles. The third kappa shape index (κ3) is 5.99. The second kappa shape index (κ2) is 12.1. The van der Waals surface area contributed by atoms with E-state index in [0.29, 0.717) is 6.61 Å². The van der Waals surface area contributed by atoms with Crippen molar-refractivity contribution < 1.29 is 9.53 Å². The number of aryl methyl sites for hydroxylation is 1. The molecule has 4 aromatic rings. The number of carbonyl (C=O) groups excluding carboxylic acids is 1. The van der Waals surface area contributed by atoms with Gasteiger partial charge in [0.15, 0.2) is 0 Å². The van der Waals surface area contributed by atoms with E-state index in [-0.39, 0.29) is 11.8 Å². The van der Waals surface area contributed by atoms with E-state index in [1.165, 1.54) is 11.3 Å². The van der Waals surface area contributed by atoms with Crippen LogP contribution < -0.4 is 15.0 Å². The molecule has 0 spiro atoms. The molecule has 0 unspecified atom stereocenters. The van der Waals surface area contributed by atoms with E-state index in [0.717, 1.165) is 98.7 Å². The van der Waals surface area contributed by atoms with Gasteiger partial charge in [0.1, 0.15) is 23.7 Å². The average Bonchev–Trinajstić information content (AvgIpc) is 3.69. The molecule has 1 aliphatic heterocycles. The molecule has 7 heteroatoms. The van der Waals surface area contributed by atoms with Gasteiger partial charge in [0, 0.05) is 49.9 Å². The number of anilines is 2. The van der Waals surface area contributed by atoms with E-state index in [2.05, 4.69) is 69.5 Å². The zero-order chi connectivity index (χ0) is 27.3. The van der Waals surface area contributed by atoms with Gasteiger partial charge in [0.05, 0.1) is 11.2 Å². The first kappa shape index (κ1) is 26.4. The molecule has 1 saturated carbocycles. The number of amides is 1. The number of piperazine rings is 1. The molecule has 1 amide bonds. The minimum absolute atomic E-state index is 0.149. The summed E-state index contributed by atoms with van der Waals surface area (Å²) in [6.45, 7) is 7.60. The Kier molecular flexibility index (Phi) is 8.00. The van der Waals surface area contributed by atoms with Crippen molar-refractivity contribution in [3.05, 3.63) is 72.3 Å². The minimum Gasteiger partial charge on any atom is -0.492 e. The fraction of sp³-hybridized carbons (Fsp3) is 0.394. The maximum absolute atomic E-state index is 12.3. The number of carbonyl (C=O) groups is 1. The van der Waals surface area contributed by atoms with Crippen molar-refractivity contribution in [3.63, 3.8) is 0 Å². The van der Waals surface area contributed by atoms with Crippen molar-refractivity contribution in [1.82, 2.24) is 14.9 Å². The van der Waals surface area contributed by atoms with Gasteiger partial charge >= 0.3 is 0 Å². The summed E-state index contributed by atoms with van der Waals surface area (Å²) < 4.78 is 6.01. The molecule has 3 aromatic carbocycles. The van der Waals surface area contributed by atoms with Crippen LogP contribution in [0.15, 0.2) is 66.7 Å². The Bertz CT molecular complexity index is 1420. The Morgan fingerprint density at radius 3 is 2.45 bits per heavy atom. The summed E-state index contributed by atoms with van der Waals surface area (Å²) in [5.41, 5.74) is 6.60. The van der Waals surface area contributed by atoms with Gasteiger partial charge in [-0.25, -0.2) is 4.98 Å². The SMILES string of the molecule is CCc1ccc(-c2nc3c(N4CCN(CCOc5ccc(NC(=O)C6CCCC6)cc5)CC4)cccc3[nH]2)cc1. The van der Waals surface area contributed by atoms with E-state index >= 15 is 0 Å². The predicted molar refractivity (Wildman–Crippen MR) is 162 cm³/mol. The molecule has 1 saturated heterocycles. The van der Waals surface area contributed by atoms with Crippen LogP contribution >= 0.6 is 0 Å². The van der Waals surface area contributed by atoms with E-state index in [4.69, 9.17) is 9.72 Å². The third-order valence-corrected chi connectivity index (χ3v) is 8.36. The number of aromatic amines is 1. The topological polar surface area (TPSA) is 73.5 Å². The Hall–Kier alpha value is -3.84. The fourth-order valence-electron chi connectivity index (χ4n) is 5.88. The highest BCUT2D eigenvalue weighted by atomic mass is 16.5. The van der Waals surface area contributed by atoms with E-state index < -0.39 is 0 Å². The van der Waals surface area contributed by atoms with Crippen LogP contribution in [-0.4, -0.2) is 60.1 Å². The molecule has 6 rings (SSSR count). The Morgan fingerprint density at radius 1 is 0.975 bits per heavy atom. The number of H-pyrrole nitrogens is 1. The van der Waals surface area contributed by atoms with Crippen LogP contribution in [0, 0.1) is 5.92 Å². The zero-order valence-corrected chi connectivity index (χ0v) is 23.4. The van der Waals surface area contributed by atoms with Crippen molar-refractivity contribution in [2.45, 2.75) is 39.0 Å². The molecule has 1 aliphatic carbocycles. The van der Waals surface area contributed by atoms with Gasteiger partial charge in [0.2, 0.25) is 5.91 Å². The molecular formula is C33H39N5O2. The van der Waals surface area contributed by atoms with Gasteiger partial charge in [-0.15, -0.1) is 0 Å². The van der Waals surface area contributed by atoms with Gasteiger partial charge in [-0.2, -0.15) is 0 Å². The van der Waals surface area contributed by atoms with Crippen molar-refractivity contribution >= 4 is 28.3 Å². The first-order valence-electron chi connectivity index (χ1n) is 14.8. The van der Waals surface area contributed by atoms with Crippen LogP contribution in [0.1, 0.15) is 38.2 Å². The predicted octanol–water partition coefficient (Wildman–Crippen LogP) is 6.12. The second-order valence-corrected chi connectivity index (χ2v) is 11.0. The number of hydrogen-bond donors (Lipinski definition) is 2. The Labute approximate surface area is 236 Å². The highest BCUT2D eigenvalue weighted by Crippen LogP contribution is 2.30. The number of nitrogens with one attached hydrogen (secondary N) is 2. The number of rotatable bonds is 9. The van der Waals surface area contributed by atoms with Gasteiger partial charge in [-0.05, 0) is 61.2 Å². The molecule has 40 heavy (non-hydrogen) atoms. The lowest BCUT2D eigenvalue weighted by Gasteiger charge is -2.36. The van der Waals surface area contributed by atoms with Crippen LogP contribution in [-0.2, 0) is 11.2 Å². The second-order valence-electron chi connectivity index (χ2n) is 11.0. The standard InChI is InChI=1S/C33H39N5O2/c1-2-24-10-12-25(13-11-24)32-35-29-8-5-9-30(31(29)36-32)38-20-18-37(19-21-38)22-23-40-28-16-14-27(15-17-28)34-33(39)26-6-3-4-7-26/h5,8-17,26H,2-4,6-7,18-23H2,1H3,(H,34,39)(H,35,36). The van der Waals surface area contributed by atoms with Crippen molar-refractivity contribution in [3.8, 4) is 17.1 Å². The van der Waals surface area contributed by atoms with Crippen LogP contribution in [0.25, 0.3) is 22.4 Å². The van der Waals surface area contributed by atoms with Crippen LogP contribution in [0.4, 0.5) is 11.4 Å². The molecule has 0 bridgehead atoms. The summed E-state index contributed by atoms with van der Waals surface area (Å²) in [6.07, 6.45) is 5.38. The summed E-state index contributed by atoms with van der Waals surface area (Å²) in [5, 5.41) is 3.05. The molecule has 2 aliphatic rings. The number of para-hydroxylation sites is 1. The summed E-state index contributed by atoms with van der Waals surface area (Å²) in [5.74, 6) is 2.08. The number of hydrogen-bond acceptors (Lipinski definition) is 5. The van der Waals surface area contributed by atoms with Crippen molar-refractivity contribution in [2.75, 3.05) is 49.5 Å². The van der Waals surface area contributed by atoms with Gasteiger partial charge in [0.25, 0.3) is 0 Å². The number of nitrogens with zero attached hydrogens (tertiary/aromatic N) is 3. The first-order chi connectivity index (χ1) is 19.7. The van der Waals surface area contributed by atoms with Gasteiger partial charge in [-0.1, -0.05) is 50.1 Å². The lowest BCUT2D eigenvalue weighted by Crippen LogP contribution is -2.47. The number of benzene rings is 3. The Balaban J connectivity index is 0.990. The van der Waals surface area contributed by atoms with Crippen LogP contribution in [0.3, 0.4) is 0 Å². The maximum atomic E-state index is 12.3. The van der Waals surface area contributed by atoms with E-state index in [9.17, 15) is 4.79 Å². The van der Waals surface area contributed by atoms with Crippen LogP contribution in [0.5, 0.6) is 5.75 Å². The van der Waals surface area contributed by atoms with Crippen molar-refractivity contribution in [1.29, 1.82) is 0 Å². The molecule has 0 radical (unpaired) electrons. The largest absolute Gasteiger partial charge is 0.492 e. The van der Waals surface area contributed by atoms with Gasteiger partial charge in [-0.3, -0.25) is 9.69 Å². The molecule has 2 N–H and O–H groups in total. The van der Waals surface area contributed by atoms with E-state index in [1.807, 2.05) is 24.3 Å². The number of ether oxygens (including phenoxy) is 1. The highest BCUT2D eigenvalue weighted by Gasteiger charge is 2.23. The molecule has 2 fully saturated rings. The van der Waals surface area contributed by atoms with Crippen LogP contribution in [0.2, 0.25) is 0 Å². The third-order valence-electron chi connectivity index (χ3n) is 8.36. The average molecular weight is 538 g/mol. The zero-order valence-electron chi connectivity index (χ0n) is 23.4. The summed E-state index contributed by atoms with van der Waals surface area (Å²) in [7, 11) is 0. The molecule has 0 atom stereocenters. The van der Waals surface area contributed by atoms with Gasteiger partial charge < -0.3 is 19.9 Å². The maximum Gasteiger partial charge on any atom is 0.227 e. The number of fused-ring (bicyclic) bond motifs is 1. The molecule has 7 nitrogen and oxygen atoms in total. The molecular weight excluding hydrogens is 498 g/mol. The molecule has 208 valence electrons. The first-order valence-corrected chi connectivity index (χ1v) is 14.8. The van der Waals surface area contributed by atoms with E-state index in [1.54, 1.807) is 0 Å². The number of imidazole rings is 1. The quantitative estimate of drug-likeness (QED) is 0.269. The van der Waals surface area contributed by atoms with Crippen molar-refractivity contribution in [2.24, 2.45) is 5.92 Å². The fourth-order valence-corrected chi connectivity index (χ4v) is 5.88. The lowest BCUT2D eigenvalue weighted by atomic mass is 10.1. The summed E-state index contributed by atoms with van der Waals surface area (Å²) in [6, 6.07) is 22.8.